The highest BCUT2D eigenvalue weighted by Crippen LogP contribution is 2.38. The number of aryl methyl sites for hydroxylation is 1. The summed E-state index contributed by atoms with van der Waals surface area (Å²) in [7, 11) is 0. The van der Waals surface area contributed by atoms with E-state index in [-0.39, 0.29) is 17.3 Å². The molecule has 0 atom stereocenters. The van der Waals surface area contributed by atoms with Gasteiger partial charge in [-0.25, -0.2) is 0 Å². The Bertz CT molecular complexity index is 612. The molecule has 0 bridgehead atoms. The standard InChI is InChI=1S/C14H12ClF3N2/c1-9-5-10(7-19-6-9)8-20-13-11(14(16,17)18)3-2-4-12(13)15/h2-7,20H,8H2,1H3. The smallest absolute Gasteiger partial charge is 0.379 e. The maximum Gasteiger partial charge on any atom is 0.418 e. The molecule has 1 aromatic carbocycles. The Hall–Kier alpha value is -1.75. The van der Waals surface area contributed by atoms with Crippen LogP contribution in [0.3, 0.4) is 0 Å². The zero-order valence-corrected chi connectivity index (χ0v) is 11.4. The SMILES string of the molecule is Cc1cncc(CNc2c(Cl)cccc2C(F)(F)F)c1. The van der Waals surface area contributed by atoms with E-state index in [9.17, 15) is 13.2 Å². The molecule has 2 nitrogen and oxygen atoms in total. The highest BCUT2D eigenvalue weighted by molar-refractivity contribution is 6.33. The van der Waals surface area contributed by atoms with E-state index in [1.165, 1.54) is 12.1 Å². The lowest BCUT2D eigenvalue weighted by atomic mass is 10.1. The van der Waals surface area contributed by atoms with Gasteiger partial charge < -0.3 is 5.32 Å². The van der Waals surface area contributed by atoms with Crippen LogP contribution in [0.5, 0.6) is 0 Å². The van der Waals surface area contributed by atoms with E-state index >= 15 is 0 Å². The summed E-state index contributed by atoms with van der Waals surface area (Å²) >= 11 is 5.85. The van der Waals surface area contributed by atoms with Crippen molar-refractivity contribution in [3.63, 3.8) is 0 Å². The molecule has 0 spiro atoms. The summed E-state index contributed by atoms with van der Waals surface area (Å²) in [5.74, 6) is 0. The van der Waals surface area contributed by atoms with E-state index in [1.54, 1.807) is 12.4 Å². The summed E-state index contributed by atoms with van der Waals surface area (Å²) in [5, 5.41) is 2.78. The highest BCUT2D eigenvalue weighted by Gasteiger charge is 2.34. The van der Waals surface area contributed by atoms with E-state index in [2.05, 4.69) is 10.3 Å². The summed E-state index contributed by atoms with van der Waals surface area (Å²) in [5.41, 5.74) is 0.853. The lowest BCUT2D eigenvalue weighted by Crippen LogP contribution is -2.11. The van der Waals surface area contributed by atoms with Gasteiger partial charge in [-0.2, -0.15) is 13.2 Å². The van der Waals surface area contributed by atoms with Crippen LogP contribution in [-0.4, -0.2) is 4.98 Å². The monoisotopic (exact) mass is 300 g/mol. The lowest BCUT2D eigenvalue weighted by Gasteiger charge is -2.16. The Kier molecular flexibility index (Phi) is 4.18. The number of pyridine rings is 1. The molecule has 0 unspecified atom stereocenters. The average Bonchev–Trinajstić information content (AvgIpc) is 2.36. The number of halogens is 4. The molecule has 0 amide bonds. The maximum atomic E-state index is 12.9. The zero-order valence-electron chi connectivity index (χ0n) is 10.6. The molecule has 2 aromatic rings. The van der Waals surface area contributed by atoms with Gasteiger partial charge in [-0.15, -0.1) is 0 Å². The maximum absolute atomic E-state index is 12.9. The number of nitrogens with one attached hydrogen (secondary N) is 1. The van der Waals surface area contributed by atoms with Crippen LogP contribution in [0.4, 0.5) is 18.9 Å². The van der Waals surface area contributed by atoms with Crippen molar-refractivity contribution in [2.24, 2.45) is 0 Å². The quantitative estimate of drug-likeness (QED) is 0.890. The first-order valence-electron chi connectivity index (χ1n) is 5.88. The van der Waals surface area contributed by atoms with Crippen LogP contribution in [0.25, 0.3) is 0 Å². The van der Waals surface area contributed by atoms with Crippen molar-refractivity contribution < 1.29 is 13.2 Å². The van der Waals surface area contributed by atoms with Gasteiger partial charge >= 0.3 is 6.18 Å². The van der Waals surface area contributed by atoms with Gasteiger partial charge in [-0.3, -0.25) is 4.98 Å². The summed E-state index contributed by atoms with van der Waals surface area (Å²) in [6.07, 6.45) is -1.16. The van der Waals surface area contributed by atoms with Crippen molar-refractivity contribution in [2.45, 2.75) is 19.6 Å². The number of aromatic nitrogens is 1. The molecule has 20 heavy (non-hydrogen) atoms. The third-order valence-corrected chi connectivity index (χ3v) is 3.03. The van der Waals surface area contributed by atoms with E-state index in [4.69, 9.17) is 11.6 Å². The first-order chi connectivity index (χ1) is 9.38. The molecule has 1 N–H and O–H groups in total. The topological polar surface area (TPSA) is 24.9 Å². The van der Waals surface area contributed by atoms with Gasteiger partial charge in [0.2, 0.25) is 0 Å². The minimum atomic E-state index is -4.45. The molecule has 0 fully saturated rings. The van der Waals surface area contributed by atoms with E-state index in [0.29, 0.717) is 0 Å². The van der Waals surface area contributed by atoms with Crippen LogP contribution >= 0.6 is 11.6 Å². The Morgan fingerprint density at radius 3 is 2.65 bits per heavy atom. The number of hydrogen-bond donors (Lipinski definition) is 1. The van der Waals surface area contributed by atoms with Gasteiger partial charge in [-0.1, -0.05) is 23.7 Å². The Labute approximate surface area is 119 Å². The van der Waals surface area contributed by atoms with Gasteiger partial charge in [-0.05, 0) is 30.2 Å². The average molecular weight is 301 g/mol. The predicted molar refractivity (Wildman–Crippen MR) is 72.8 cm³/mol. The molecule has 0 aliphatic rings. The van der Waals surface area contributed by atoms with Crippen molar-refractivity contribution in [3.8, 4) is 0 Å². The minimum Gasteiger partial charge on any atom is -0.379 e. The fraction of sp³-hybridized carbons (Fsp3) is 0.214. The largest absolute Gasteiger partial charge is 0.418 e. The van der Waals surface area contributed by atoms with Crippen LogP contribution in [-0.2, 0) is 12.7 Å². The normalized spacial score (nSPS) is 11.4. The molecule has 1 heterocycles. The number of hydrogen-bond acceptors (Lipinski definition) is 2. The number of alkyl halides is 3. The molecule has 0 aliphatic carbocycles. The first kappa shape index (κ1) is 14.7. The summed E-state index contributed by atoms with van der Waals surface area (Å²) < 4.78 is 38.7. The van der Waals surface area contributed by atoms with Crippen molar-refractivity contribution >= 4 is 17.3 Å². The van der Waals surface area contributed by atoms with Gasteiger partial charge in [0.15, 0.2) is 0 Å². The number of anilines is 1. The van der Waals surface area contributed by atoms with Crippen LogP contribution in [0.15, 0.2) is 36.7 Å². The molecule has 6 heteroatoms. The third kappa shape index (κ3) is 3.42. The number of rotatable bonds is 3. The van der Waals surface area contributed by atoms with Gasteiger partial charge in [0.1, 0.15) is 0 Å². The van der Waals surface area contributed by atoms with Gasteiger partial charge in [0.05, 0.1) is 16.3 Å². The van der Waals surface area contributed by atoms with Crippen LogP contribution in [0, 0.1) is 6.92 Å². The first-order valence-corrected chi connectivity index (χ1v) is 6.26. The summed E-state index contributed by atoms with van der Waals surface area (Å²) in [6.45, 7) is 2.09. The van der Waals surface area contributed by atoms with Gasteiger partial charge in [0.25, 0.3) is 0 Å². The molecular weight excluding hydrogens is 289 g/mol. The highest BCUT2D eigenvalue weighted by atomic mass is 35.5. The van der Waals surface area contributed by atoms with Crippen LogP contribution in [0.2, 0.25) is 5.02 Å². The molecular formula is C14H12ClF3N2. The number of para-hydroxylation sites is 1. The van der Waals surface area contributed by atoms with Crippen molar-refractivity contribution in [1.29, 1.82) is 0 Å². The molecule has 106 valence electrons. The molecule has 0 saturated heterocycles. The second kappa shape index (κ2) is 5.71. The number of benzene rings is 1. The van der Waals surface area contributed by atoms with Crippen LogP contribution < -0.4 is 5.32 Å². The summed E-state index contributed by atoms with van der Waals surface area (Å²) in [4.78, 5) is 3.99. The van der Waals surface area contributed by atoms with Crippen LogP contribution in [0.1, 0.15) is 16.7 Å². The molecule has 2 rings (SSSR count). The third-order valence-electron chi connectivity index (χ3n) is 2.72. The fourth-order valence-electron chi connectivity index (χ4n) is 1.84. The van der Waals surface area contributed by atoms with Crippen molar-refractivity contribution in [1.82, 2.24) is 4.98 Å². The van der Waals surface area contributed by atoms with Gasteiger partial charge in [0, 0.05) is 18.9 Å². The molecule has 0 radical (unpaired) electrons. The molecule has 0 aliphatic heterocycles. The lowest BCUT2D eigenvalue weighted by molar-refractivity contribution is -0.136. The Morgan fingerprint density at radius 1 is 1.25 bits per heavy atom. The van der Waals surface area contributed by atoms with Crippen molar-refractivity contribution in [3.05, 3.63) is 58.4 Å². The molecule has 0 saturated carbocycles. The minimum absolute atomic E-state index is 0.0421. The van der Waals surface area contributed by atoms with Crippen molar-refractivity contribution in [2.75, 3.05) is 5.32 Å². The zero-order chi connectivity index (χ0) is 14.8. The second-order valence-corrected chi connectivity index (χ2v) is 4.79. The second-order valence-electron chi connectivity index (χ2n) is 4.38. The number of nitrogens with zero attached hydrogens (tertiary/aromatic N) is 1. The Balaban J connectivity index is 2.25. The predicted octanol–water partition coefficient (Wildman–Crippen LogP) is 4.67. The van der Waals surface area contributed by atoms with E-state index in [1.807, 2.05) is 13.0 Å². The fourth-order valence-corrected chi connectivity index (χ4v) is 2.09. The summed E-state index contributed by atoms with van der Waals surface area (Å²) in [6, 6.07) is 5.56. The van der Waals surface area contributed by atoms with E-state index < -0.39 is 11.7 Å². The van der Waals surface area contributed by atoms with E-state index in [0.717, 1.165) is 17.2 Å². The molecule has 1 aromatic heterocycles. The Morgan fingerprint density at radius 2 is 2.00 bits per heavy atom.